The molecule has 7 heteroatoms. The Morgan fingerprint density at radius 2 is 1.62 bits per heavy atom. The van der Waals surface area contributed by atoms with E-state index in [-0.39, 0.29) is 18.2 Å². The molecular formula is C22H20ClN2O4-. The van der Waals surface area contributed by atoms with Gasteiger partial charge in [0.05, 0.1) is 5.92 Å². The van der Waals surface area contributed by atoms with Gasteiger partial charge in [0.15, 0.2) is 0 Å². The van der Waals surface area contributed by atoms with Crippen LogP contribution in [0.1, 0.15) is 28.8 Å². The van der Waals surface area contributed by atoms with Crippen LogP contribution < -0.4 is 15.7 Å². The highest BCUT2D eigenvalue weighted by molar-refractivity contribution is 6.30. The van der Waals surface area contributed by atoms with Crippen molar-refractivity contribution in [1.29, 1.82) is 0 Å². The molecule has 2 aromatic carbocycles. The predicted octanol–water partition coefficient (Wildman–Crippen LogP) is 3.17. The summed E-state index contributed by atoms with van der Waals surface area (Å²) in [4.78, 5) is 36.4. The number of aliphatic carboxylic acids is 1. The quantitative estimate of drug-likeness (QED) is 0.738. The van der Waals surface area contributed by atoms with Crippen molar-refractivity contribution in [2.45, 2.75) is 19.8 Å². The summed E-state index contributed by atoms with van der Waals surface area (Å²) in [5.41, 5.74) is 2.29. The van der Waals surface area contributed by atoms with Crippen molar-refractivity contribution >= 4 is 40.8 Å². The fourth-order valence-corrected chi connectivity index (χ4v) is 3.36. The highest BCUT2D eigenvalue weighted by Crippen LogP contribution is 2.28. The average molecular weight is 412 g/mol. The summed E-state index contributed by atoms with van der Waals surface area (Å²) >= 11 is 5.85. The van der Waals surface area contributed by atoms with Crippen molar-refractivity contribution in [3.8, 4) is 0 Å². The first-order valence-corrected chi connectivity index (χ1v) is 9.57. The van der Waals surface area contributed by atoms with Crippen LogP contribution in [0.25, 0.3) is 0 Å². The Labute approximate surface area is 173 Å². The topological polar surface area (TPSA) is 98.3 Å². The van der Waals surface area contributed by atoms with Crippen LogP contribution in [-0.4, -0.2) is 17.8 Å². The maximum atomic E-state index is 12.6. The fraction of sp³-hybridized carbons (Fsp3) is 0.227. The molecular weight excluding hydrogens is 392 g/mol. The van der Waals surface area contributed by atoms with Gasteiger partial charge in [-0.3, -0.25) is 9.59 Å². The minimum absolute atomic E-state index is 0.275. The predicted molar refractivity (Wildman–Crippen MR) is 110 cm³/mol. The lowest BCUT2D eigenvalue weighted by molar-refractivity contribution is -0.313. The number of hydrogen-bond donors (Lipinski definition) is 2. The van der Waals surface area contributed by atoms with E-state index in [1.165, 1.54) is 0 Å². The number of anilines is 2. The molecule has 2 atom stereocenters. The third-order valence-electron chi connectivity index (χ3n) is 4.93. The molecule has 0 saturated carbocycles. The van der Waals surface area contributed by atoms with Gasteiger partial charge in [-0.1, -0.05) is 29.8 Å². The van der Waals surface area contributed by atoms with Crippen molar-refractivity contribution in [3.05, 3.63) is 70.8 Å². The maximum absolute atomic E-state index is 12.6. The zero-order valence-electron chi connectivity index (χ0n) is 15.8. The van der Waals surface area contributed by atoms with Crippen molar-refractivity contribution < 1.29 is 19.5 Å². The summed E-state index contributed by atoms with van der Waals surface area (Å²) < 4.78 is 0. The molecule has 0 aliphatic heterocycles. The summed E-state index contributed by atoms with van der Waals surface area (Å²) in [5, 5.41) is 17.4. The molecule has 3 rings (SSSR count). The van der Waals surface area contributed by atoms with Crippen LogP contribution in [0.2, 0.25) is 5.02 Å². The van der Waals surface area contributed by atoms with Gasteiger partial charge in [-0.05, 0) is 61.7 Å². The van der Waals surface area contributed by atoms with Gasteiger partial charge < -0.3 is 20.5 Å². The molecule has 2 N–H and O–H groups in total. The van der Waals surface area contributed by atoms with E-state index < -0.39 is 17.8 Å². The molecule has 29 heavy (non-hydrogen) atoms. The van der Waals surface area contributed by atoms with Gasteiger partial charge >= 0.3 is 0 Å². The second-order valence-corrected chi connectivity index (χ2v) is 7.39. The Morgan fingerprint density at radius 1 is 0.966 bits per heavy atom. The Kier molecular flexibility index (Phi) is 6.34. The number of nitrogens with one attached hydrogen (secondary N) is 2. The van der Waals surface area contributed by atoms with Crippen LogP contribution in [0.15, 0.2) is 54.6 Å². The van der Waals surface area contributed by atoms with Crippen LogP contribution in [-0.2, 0) is 9.59 Å². The molecule has 6 nitrogen and oxygen atoms in total. The molecule has 1 aliphatic rings. The van der Waals surface area contributed by atoms with E-state index in [1.54, 1.807) is 54.6 Å². The first-order chi connectivity index (χ1) is 13.8. The number of allylic oxidation sites excluding steroid dienone is 2. The third kappa shape index (κ3) is 5.03. The van der Waals surface area contributed by atoms with E-state index in [1.807, 2.05) is 6.92 Å². The molecule has 0 spiro atoms. The highest BCUT2D eigenvalue weighted by atomic mass is 35.5. The van der Waals surface area contributed by atoms with Crippen LogP contribution in [0.5, 0.6) is 0 Å². The lowest BCUT2D eigenvalue weighted by Crippen LogP contribution is -2.41. The number of aryl methyl sites for hydroxylation is 1. The molecule has 0 fully saturated rings. The minimum atomic E-state index is -1.23. The minimum Gasteiger partial charge on any atom is -0.550 e. The van der Waals surface area contributed by atoms with Gasteiger partial charge in [0, 0.05) is 33.8 Å². The van der Waals surface area contributed by atoms with Gasteiger partial charge in [-0.25, -0.2) is 0 Å². The van der Waals surface area contributed by atoms with Gasteiger partial charge in [-0.15, -0.1) is 0 Å². The van der Waals surface area contributed by atoms with Crippen LogP contribution in [0, 0.1) is 18.8 Å². The van der Waals surface area contributed by atoms with Gasteiger partial charge in [-0.2, -0.15) is 0 Å². The molecule has 0 saturated heterocycles. The number of amides is 2. The first kappa shape index (κ1) is 20.6. The monoisotopic (exact) mass is 411 g/mol. The molecule has 0 heterocycles. The van der Waals surface area contributed by atoms with Crippen LogP contribution in [0.4, 0.5) is 11.4 Å². The molecule has 150 valence electrons. The normalized spacial score (nSPS) is 18.1. The number of halogens is 1. The second-order valence-electron chi connectivity index (χ2n) is 6.95. The van der Waals surface area contributed by atoms with Crippen LogP contribution >= 0.6 is 11.6 Å². The standard InChI is InChI=1S/C22H21ClN2O4/c1-13-6-11-16(24-21(27)17-4-2-3-5-18(17)22(28)29)12-19(13)25-20(26)14-7-9-15(23)10-8-14/h2-3,6-12,17-18H,4-5H2,1H3,(H,24,27)(H,25,26)(H,28,29)/p-1/t17-,18+/m1/s1. The highest BCUT2D eigenvalue weighted by Gasteiger charge is 2.29. The van der Waals surface area contributed by atoms with Crippen molar-refractivity contribution in [2.75, 3.05) is 10.6 Å². The molecule has 0 bridgehead atoms. The summed E-state index contributed by atoms with van der Waals surface area (Å²) in [5.74, 6) is -3.47. The van der Waals surface area contributed by atoms with E-state index in [4.69, 9.17) is 11.6 Å². The van der Waals surface area contributed by atoms with E-state index in [0.29, 0.717) is 28.4 Å². The van der Waals surface area contributed by atoms with Crippen molar-refractivity contribution in [1.82, 2.24) is 0 Å². The number of rotatable bonds is 5. The Morgan fingerprint density at radius 3 is 2.28 bits per heavy atom. The average Bonchev–Trinajstić information content (AvgIpc) is 2.70. The third-order valence-corrected chi connectivity index (χ3v) is 5.18. The number of carbonyl (C=O) groups is 3. The SMILES string of the molecule is Cc1ccc(NC(=O)[C@@H]2CC=CC[C@@H]2C(=O)[O-])cc1NC(=O)c1ccc(Cl)cc1. The van der Waals surface area contributed by atoms with E-state index in [9.17, 15) is 19.5 Å². The maximum Gasteiger partial charge on any atom is 0.255 e. The second kappa shape index (κ2) is 8.92. The zero-order chi connectivity index (χ0) is 21.0. The number of carbonyl (C=O) groups excluding carboxylic acids is 3. The molecule has 0 radical (unpaired) electrons. The Hall–Kier alpha value is -3.12. The smallest absolute Gasteiger partial charge is 0.255 e. The number of benzene rings is 2. The number of carboxylic acid groups (broad SMARTS) is 1. The molecule has 2 amide bonds. The number of hydrogen-bond acceptors (Lipinski definition) is 4. The van der Waals surface area contributed by atoms with E-state index in [2.05, 4.69) is 10.6 Å². The van der Waals surface area contributed by atoms with Crippen molar-refractivity contribution in [3.63, 3.8) is 0 Å². The lowest BCUT2D eigenvalue weighted by Gasteiger charge is -2.28. The summed E-state index contributed by atoms with van der Waals surface area (Å²) in [7, 11) is 0. The first-order valence-electron chi connectivity index (χ1n) is 9.19. The summed E-state index contributed by atoms with van der Waals surface area (Å²) in [6.45, 7) is 1.83. The van der Waals surface area contributed by atoms with Gasteiger partial charge in [0.1, 0.15) is 0 Å². The van der Waals surface area contributed by atoms with E-state index in [0.717, 1.165) is 5.56 Å². The van der Waals surface area contributed by atoms with Gasteiger partial charge in [0.2, 0.25) is 5.91 Å². The Bertz CT molecular complexity index is 969. The molecule has 0 aromatic heterocycles. The molecule has 2 aromatic rings. The lowest BCUT2D eigenvalue weighted by atomic mass is 9.82. The van der Waals surface area contributed by atoms with Gasteiger partial charge in [0.25, 0.3) is 5.91 Å². The number of carboxylic acids is 1. The zero-order valence-corrected chi connectivity index (χ0v) is 16.5. The molecule has 1 aliphatic carbocycles. The van der Waals surface area contributed by atoms with E-state index >= 15 is 0 Å². The molecule has 0 unspecified atom stereocenters. The summed E-state index contributed by atoms with van der Waals surface area (Å²) in [6, 6.07) is 11.6. The van der Waals surface area contributed by atoms with Crippen molar-refractivity contribution in [2.24, 2.45) is 11.8 Å². The summed E-state index contributed by atoms with van der Waals surface area (Å²) in [6.07, 6.45) is 4.17. The largest absolute Gasteiger partial charge is 0.550 e. The Balaban J connectivity index is 1.74. The fourth-order valence-electron chi connectivity index (χ4n) is 3.23. The van der Waals surface area contributed by atoms with Crippen LogP contribution in [0.3, 0.4) is 0 Å².